The Kier molecular flexibility index (Phi) is 6.55. The summed E-state index contributed by atoms with van der Waals surface area (Å²) in [5.74, 6) is 1.39. The lowest BCUT2D eigenvalue weighted by molar-refractivity contribution is -0.134. The van der Waals surface area contributed by atoms with E-state index in [1.807, 2.05) is 24.3 Å². The zero-order valence-corrected chi connectivity index (χ0v) is 18.2. The van der Waals surface area contributed by atoms with Crippen molar-refractivity contribution in [3.8, 4) is 11.5 Å². The van der Waals surface area contributed by atoms with E-state index in [1.165, 1.54) is 7.11 Å². The molecule has 1 aliphatic heterocycles. The Morgan fingerprint density at radius 2 is 1.88 bits per heavy atom. The highest BCUT2D eigenvalue weighted by atomic mass is 16.5. The predicted molar refractivity (Wildman–Crippen MR) is 119 cm³/mol. The lowest BCUT2D eigenvalue weighted by Gasteiger charge is -2.26. The van der Waals surface area contributed by atoms with Crippen LogP contribution in [0, 0.1) is 0 Å². The van der Waals surface area contributed by atoms with Crippen LogP contribution in [0.5, 0.6) is 11.5 Å². The standard InChI is InChI=1S/C23H26N4O5/c1-30-16-7-8-20(31-2)18(13-16)25-22(28)15-27-19-6-4-3-5-17(19)24-21(27)14-23(29)26-9-11-32-12-10-26/h3-8,13H,9-12,14-15H2,1-2H3,(H,25,28). The van der Waals surface area contributed by atoms with Gasteiger partial charge in [-0.3, -0.25) is 9.59 Å². The van der Waals surface area contributed by atoms with Gasteiger partial charge < -0.3 is 29.0 Å². The van der Waals surface area contributed by atoms with Gasteiger partial charge in [0, 0.05) is 19.2 Å². The molecule has 1 aliphatic rings. The van der Waals surface area contributed by atoms with Crippen molar-refractivity contribution >= 4 is 28.5 Å². The van der Waals surface area contributed by atoms with Crippen molar-refractivity contribution in [1.82, 2.24) is 14.5 Å². The van der Waals surface area contributed by atoms with E-state index in [9.17, 15) is 9.59 Å². The van der Waals surface area contributed by atoms with Crippen molar-refractivity contribution < 1.29 is 23.8 Å². The molecule has 0 aliphatic carbocycles. The number of anilines is 1. The number of amides is 2. The minimum absolute atomic E-state index is 0.00655. The summed E-state index contributed by atoms with van der Waals surface area (Å²) in [7, 11) is 3.10. The Morgan fingerprint density at radius 1 is 1.09 bits per heavy atom. The summed E-state index contributed by atoms with van der Waals surface area (Å²) in [6.45, 7) is 2.21. The van der Waals surface area contributed by atoms with Gasteiger partial charge in [0.05, 0.1) is 50.6 Å². The topological polar surface area (TPSA) is 94.9 Å². The summed E-state index contributed by atoms with van der Waals surface area (Å²) in [5, 5.41) is 2.88. The fourth-order valence-electron chi connectivity index (χ4n) is 3.74. The zero-order chi connectivity index (χ0) is 22.5. The molecule has 2 aromatic carbocycles. The van der Waals surface area contributed by atoms with E-state index < -0.39 is 0 Å². The second-order valence-corrected chi connectivity index (χ2v) is 7.39. The zero-order valence-electron chi connectivity index (χ0n) is 18.2. The molecule has 0 unspecified atom stereocenters. The molecule has 0 spiro atoms. The van der Waals surface area contributed by atoms with Gasteiger partial charge in [0.15, 0.2) is 0 Å². The lowest BCUT2D eigenvalue weighted by atomic mass is 10.2. The maximum absolute atomic E-state index is 13.0. The van der Waals surface area contributed by atoms with E-state index in [2.05, 4.69) is 10.3 Å². The second-order valence-electron chi connectivity index (χ2n) is 7.39. The maximum Gasteiger partial charge on any atom is 0.244 e. The van der Waals surface area contributed by atoms with Crippen LogP contribution in [0.2, 0.25) is 0 Å². The molecule has 1 fully saturated rings. The molecule has 0 radical (unpaired) electrons. The van der Waals surface area contributed by atoms with Gasteiger partial charge in [-0.2, -0.15) is 0 Å². The number of methoxy groups -OCH3 is 2. The average molecular weight is 438 g/mol. The number of morpholine rings is 1. The SMILES string of the molecule is COc1ccc(OC)c(NC(=O)Cn2c(CC(=O)N3CCOCC3)nc3ccccc32)c1. The number of ether oxygens (including phenoxy) is 3. The summed E-state index contributed by atoms with van der Waals surface area (Å²) in [5.41, 5.74) is 2.04. The number of para-hydroxylation sites is 2. The van der Waals surface area contributed by atoms with Crippen LogP contribution in [0.15, 0.2) is 42.5 Å². The molecule has 0 atom stereocenters. The highest BCUT2D eigenvalue weighted by molar-refractivity contribution is 5.93. The molecule has 3 aromatic rings. The fourth-order valence-corrected chi connectivity index (χ4v) is 3.74. The molecule has 9 nitrogen and oxygen atoms in total. The Balaban J connectivity index is 1.57. The van der Waals surface area contributed by atoms with Crippen molar-refractivity contribution in [3.63, 3.8) is 0 Å². The van der Waals surface area contributed by atoms with Gasteiger partial charge in [0.25, 0.3) is 0 Å². The predicted octanol–water partition coefficient (Wildman–Crippen LogP) is 2.09. The lowest BCUT2D eigenvalue weighted by Crippen LogP contribution is -2.41. The average Bonchev–Trinajstić information content (AvgIpc) is 3.16. The number of aromatic nitrogens is 2. The molecule has 32 heavy (non-hydrogen) atoms. The molecular formula is C23H26N4O5. The van der Waals surface area contributed by atoms with Crippen LogP contribution in [0.1, 0.15) is 5.82 Å². The largest absolute Gasteiger partial charge is 0.497 e. The quantitative estimate of drug-likeness (QED) is 0.607. The Hall–Kier alpha value is -3.59. The van der Waals surface area contributed by atoms with Gasteiger partial charge in [-0.25, -0.2) is 4.98 Å². The fraction of sp³-hybridized carbons (Fsp3) is 0.348. The van der Waals surface area contributed by atoms with Gasteiger partial charge in [-0.05, 0) is 24.3 Å². The number of hydrogen-bond donors (Lipinski definition) is 1. The first kappa shape index (κ1) is 21.6. The highest BCUT2D eigenvalue weighted by Gasteiger charge is 2.22. The molecule has 0 bridgehead atoms. The number of hydrogen-bond acceptors (Lipinski definition) is 6. The van der Waals surface area contributed by atoms with Crippen LogP contribution < -0.4 is 14.8 Å². The molecule has 4 rings (SSSR count). The second kappa shape index (κ2) is 9.69. The Morgan fingerprint density at radius 3 is 2.62 bits per heavy atom. The van der Waals surface area contributed by atoms with E-state index in [4.69, 9.17) is 14.2 Å². The van der Waals surface area contributed by atoms with E-state index in [1.54, 1.807) is 34.8 Å². The summed E-state index contributed by atoms with van der Waals surface area (Å²) < 4.78 is 17.7. The van der Waals surface area contributed by atoms with Crippen LogP contribution in [0.25, 0.3) is 11.0 Å². The smallest absolute Gasteiger partial charge is 0.244 e. The molecule has 1 N–H and O–H groups in total. The first-order chi connectivity index (χ1) is 15.6. The number of nitrogens with zero attached hydrogens (tertiary/aromatic N) is 3. The van der Waals surface area contributed by atoms with Crippen molar-refractivity contribution in [3.05, 3.63) is 48.3 Å². The van der Waals surface area contributed by atoms with E-state index >= 15 is 0 Å². The van der Waals surface area contributed by atoms with E-state index in [-0.39, 0.29) is 24.8 Å². The Bertz CT molecular complexity index is 1120. The number of benzene rings is 2. The van der Waals surface area contributed by atoms with Gasteiger partial charge in [0.2, 0.25) is 11.8 Å². The number of carbonyl (C=O) groups is 2. The first-order valence-electron chi connectivity index (χ1n) is 10.4. The van der Waals surface area contributed by atoms with Gasteiger partial charge >= 0.3 is 0 Å². The molecule has 2 heterocycles. The summed E-state index contributed by atoms with van der Waals surface area (Å²) in [4.78, 5) is 32.2. The normalized spacial score (nSPS) is 13.8. The van der Waals surface area contributed by atoms with Crippen molar-refractivity contribution in [2.75, 3.05) is 45.8 Å². The van der Waals surface area contributed by atoms with Crippen LogP contribution in [-0.4, -0.2) is 66.8 Å². The third-order valence-electron chi connectivity index (χ3n) is 5.39. The van der Waals surface area contributed by atoms with E-state index in [0.29, 0.717) is 49.3 Å². The summed E-state index contributed by atoms with van der Waals surface area (Å²) >= 11 is 0. The van der Waals surface area contributed by atoms with E-state index in [0.717, 1.165) is 11.0 Å². The third-order valence-corrected chi connectivity index (χ3v) is 5.39. The van der Waals surface area contributed by atoms with Gasteiger partial charge in [-0.1, -0.05) is 12.1 Å². The van der Waals surface area contributed by atoms with Crippen LogP contribution in [-0.2, 0) is 27.3 Å². The summed E-state index contributed by atoms with van der Waals surface area (Å²) in [6.07, 6.45) is 0.116. The minimum atomic E-state index is -0.264. The number of carbonyl (C=O) groups excluding carboxylic acids is 2. The Labute approximate surface area is 185 Å². The third kappa shape index (κ3) is 4.67. The molecule has 2 amide bonds. The molecule has 0 saturated carbocycles. The number of nitrogens with one attached hydrogen (secondary N) is 1. The number of imidazole rings is 1. The van der Waals surface area contributed by atoms with Crippen LogP contribution in [0.4, 0.5) is 5.69 Å². The first-order valence-corrected chi connectivity index (χ1v) is 10.4. The molecular weight excluding hydrogens is 412 g/mol. The van der Waals surface area contributed by atoms with Crippen LogP contribution >= 0.6 is 0 Å². The number of rotatable bonds is 7. The van der Waals surface area contributed by atoms with Crippen molar-refractivity contribution in [1.29, 1.82) is 0 Å². The molecule has 9 heteroatoms. The van der Waals surface area contributed by atoms with Crippen molar-refractivity contribution in [2.24, 2.45) is 0 Å². The molecule has 1 aromatic heterocycles. The monoisotopic (exact) mass is 438 g/mol. The molecule has 168 valence electrons. The van der Waals surface area contributed by atoms with Crippen LogP contribution in [0.3, 0.4) is 0 Å². The van der Waals surface area contributed by atoms with Gasteiger partial charge in [0.1, 0.15) is 23.9 Å². The summed E-state index contributed by atoms with van der Waals surface area (Å²) in [6, 6.07) is 12.7. The van der Waals surface area contributed by atoms with Gasteiger partial charge in [-0.15, -0.1) is 0 Å². The minimum Gasteiger partial charge on any atom is -0.497 e. The highest BCUT2D eigenvalue weighted by Crippen LogP contribution is 2.29. The van der Waals surface area contributed by atoms with Crippen molar-refractivity contribution in [2.45, 2.75) is 13.0 Å². The molecule has 1 saturated heterocycles. The maximum atomic E-state index is 13.0. The number of fused-ring (bicyclic) bond motifs is 1.